The molecule has 3 nitrogen and oxygen atoms in total. The molecule has 0 saturated carbocycles. The second kappa shape index (κ2) is 6.63. The topological polar surface area (TPSA) is 29.5 Å². The molecule has 0 N–H and O–H groups in total. The van der Waals surface area contributed by atoms with E-state index in [1.54, 1.807) is 20.0 Å². The van der Waals surface area contributed by atoms with Crippen molar-refractivity contribution < 1.29 is 22.7 Å². The Bertz CT molecular complexity index is 460. The van der Waals surface area contributed by atoms with Gasteiger partial charge < -0.3 is 9.64 Å². The van der Waals surface area contributed by atoms with Gasteiger partial charge in [0.1, 0.15) is 5.75 Å². The highest BCUT2D eigenvalue weighted by Gasteiger charge is 2.32. The zero-order valence-corrected chi connectivity index (χ0v) is 11.7. The summed E-state index contributed by atoms with van der Waals surface area (Å²) < 4.78 is 40.9. The molecule has 0 saturated heterocycles. The molecule has 1 aromatic carbocycles. The van der Waals surface area contributed by atoms with Crippen molar-refractivity contribution in [3.8, 4) is 5.75 Å². The van der Waals surface area contributed by atoms with Crippen molar-refractivity contribution in [3.05, 3.63) is 29.8 Å². The largest absolute Gasteiger partial charge is 0.573 e. The van der Waals surface area contributed by atoms with Crippen LogP contribution < -0.4 is 4.74 Å². The Morgan fingerprint density at radius 2 is 1.95 bits per heavy atom. The molecule has 112 valence electrons. The van der Waals surface area contributed by atoms with E-state index in [1.807, 2.05) is 6.92 Å². The lowest BCUT2D eigenvalue weighted by atomic mass is 10.1. The van der Waals surface area contributed by atoms with E-state index in [9.17, 15) is 18.0 Å². The molecular formula is C14H18F3NO2. The Morgan fingerprint density at radius 3 is 2.50 bits per heavy atom. The van der Waals surface area contributed by atoms with Gasteiger partial charge in [-0.3, -0.25) is 4.79 Å². The number of benzene rings is 1. The molecule has 0 aliphatic heterocycles. The number of nitrogens with zero attached hydrogens (tertiary/aromatic N) is 1. The van der Waals surface area contributed by atoms with Gasteiger partial charge in [-0.25, -0.2) is 0 Å². The van der Waals surface area contributed by atoms with E-state index in [4.69, 9.17) is 0 Å². The zero-order chi connectivity index (χ0) is 15.3. The summed E-state index contributed by atoms with van der Waals surface area (Å²) in [4.78, 5) is 13.3. The molecule has 1 atom stereocenters. The third-order valence-electron chi connectivity index (χ3n) is 3.02. The normalized spacial score (nSPS) is 12.9. The number of hydrogen-bond acceptors (Lipinski definition) is 2. The van der Waals surface area contributed by atoms with E-state index in [0.29, 0.717) is 12.0 Å². The fraction of sp³-hybridized carbons (Fsp3) is 0.500. The molecule has 0 aliphatic carbocycles. The van der Waals surface area contributed by atoms with Crippen molar-refractivity contribution >= 4 is 5.91 Å². The second-order valence-corrected chi connectivity index (χ2v) is 4.66. The predicted molar refractivity (Wildman–Crippen MR) is 69.1 cm³/mol. The summed E-state index contributed by atoms with van der Waals surface area (Å²) in [5, 5.41) is 0. The fourth-order valence-corrected chi connectivity index (χ4v) is 1.74. The molecule has 0 spiro atoms. The quantitative estimate of drug-likeness (QED) is 0.829. The van der Waals surface area contributed by atoms with Gasteiger partial charge in [0.15, 0.2) is 0 Å². The maximum absolute atomic E-state index is 12.3. The van der Waals surface area contributed by atoms with Gasteiger partial charge in [-0.2, -0.15) is 0 Å². The van der Waals surface area contributed by atoms with Crippen LogP contribution in [0.2, 0.25) is 0 Å². The summed E-state index contributed by atoms with van der Waals surface area (Å²) in [7, 11) is 1.57. The van der Waals surface area contributed by atoms with Crippen LogP contribution in [0.15, 0.2) is 24.3 Å². The maximum Gasteiger partial charge on any atom is 0.573 e. The molecule has 1 amide bonds. The monoisotopic (exact) mass is 289 g/mol. The molecule has 6 heteroatoms. The van der Waals surface area contributed by atoms with Crippen molar-refractivity contribution in [1.29, 1.82) is 0 Å². The van der Waals surface area contributed by atoms with Crippen LogP contribution in [-0.2, 0) is 11.3 Å². The highest BCUT2D eigenvalue weighted by Crippen LogP contribution is 2.27. The number of para-hydroxylation sites is 1. The first kappa shape index (κ1) is 16.3. The minimum absolute atomic E-state index is 0.0788. The molecule has 1 unspecified atom stereocenters. The first-order valence-corrected chi connectivity index (χ1v) is 6.33. The number of halogens is 3. The molecule has 0 bridgehead atoms. The molecule has 1 rings (SSSR count). The number of carbonyl (C=O) groups excluding carboxylic acids is 1. The number of alkyl halides is 3. The average Bonchev–Trinajstić information content (AvgIpc) is 2.37. The van der Waals surface area contributed by atoms with Gasteiger partial charge in [0.05, 0.1) is 0 Å². The molecule has 0 radical (unpaired) electrons. The van der Waals surface area contributed by atoms with E-state index >= 15 is 0 Å². The summed E-state index contributed by atoms with van der Waals surface area (Å²) in [6.07, 6.45) is -4.06. The van der Waals surface area contributed by atoms with Crippen molar-refractivity contribution in [3.63, 3.8) is 0 Å². The Kier molecular flexibility index (Phi) is 5.42. The van der Waals surface area contributed by atoms with Crippen LogP contribution in [0.25, 0.3) is 0 Å². The number of amides is 1. The van der Waals surface area contributed by atoms with Gasteiger partial charge >= 0.3 is 6.36 Å². The molecule has 0 aromatic heterocycles. The Hall–Kier alpha value is -1.72. The SMILES string of the molecule is CCC(C)C(=O)N(C)Cc1ccccc1OC(F)(F)F. The number of hydrogen-bond donors (Lipinski definition) is 0. The van der Waals surface area contributed by atoms with Crippen LogP contribution in [0, 0.1) is 5.92 Å². The smallest absolute Gasteiger partial charge is 0.405 e. The first-order valence-electron chi connectivity index (χ1n) is 6.33. The van der Waals surface area contributed by atoms with Crippen LogP contribution in [0.3, 0.4) is 0 Å². The summed E-state index contributed by atoms with van der Waals surface area (Å²) >= 11 is 0. The van der Waals surface area contributed by atoms with Crippen LogP contribution in [0.5, 0.6) is 5.75 Å². The molecule has 0 fully saturated rings. The third kappa shape index (κ3) is 4.75. The summed E-state index contributed by atoms with van der Waals surface area (Å²) in [6.45, 7) is 3.75. The van der Waals surface area contributed by atoms with Crippen LogP contribution in [-0.4, -0.2) is 24.2 Å². The lowest BCUT2D eigenvalue weighted by Gasteiger charge is -2.22. The van der Waals surface area contributed by atoms with Crippen molar-refractivity contribution in [2.45, 2.75) is 33.2 Å². The van der Waals surface area contributed by atoms with Gasteiger partial charge in [-0.1, -0.05) is 32.0 Å². The van der Waals surface area contributed by atoms with Crippen LogP contribution >= 0.6 is 0 Å². The highest BCUT2D eigenvalue weighted by molar-refractivity contribution is 5.78. The number of ether oxygens (including phenoxy) is 1. The minimum Gasteiger partial charge on any atom is -0.405 e. The molecular weight excluding hydrogens is 271 g/mol. The fourth-order valence-electron chi connectivity index (χ4n) is 1.74. The summed E-state index contributed by atoms with van der Waals surface area (Å²) in [6, 6.07) is 5.83. The van der Waals surface area contributed by atoms with Crippen molar-refractivity contribution in [1.82, 2.24) is 4.90 Å². The lowest BCUT2D eigenvalue weighted by molar-refractivity contribution is -0.275. The van der Waals surface area contributed by atoms with E-state index in [1.165, 1.54) is 23.1 Å². The number of rotatable bonds is 5. The molecule has 0 heterocycles. The average molecular weight is 289 g/mol. The Morgan fingerprint density at radius 1 is 1.35 bits per heavy atom. The Balaban J connectivity index is 2.84. The van der Waals surface area contributed by atoms with Gasteiger partial charge in [-0.15, -0.1) is 13.2 Å². The van der Waals surface area contributed by atoms with Gasteiger partial charge in [0, 0.05) is 25.1 Å². The standard InChI is InChI=1S/C14H18F3NO2/c1-4-10(2)13(19)18(3)9-11-7-5-6-8-12(11)20-14(15,16)17/h5-8,10H,4,9H2,1-3H3. The third-order valence-corrected chi connectivity index (χ3v) is 3.02. The lowest BCUT2D eigenvalue weighted by Crippen LogP contribution is -2.31. The van der Waals surface area contributed by atoms with Gasteiger partial charge in [-0.05, 0) is 12.5 Å². The molecule has 1 aromatic rings. The van der Waals surface area contributed by atoms with Gasteiger partial charge in [0.2, 0.25) is 5.91 Å². The summed E-state index contributed by atoms with van der Waals surface area (Å²) in [5.74, 6) is -0.534. The number of carbonyl (C=O) groups is 1. The van der Waals surface area contributed by atoms with Crippen LogP contribution in [0.1, 0.15) is 25.8 Å². The van der Waals surface area contributed by atoms with E-state index < -0.39 is 6.36 Å². The Labute approximate surface area is 116 Å². The van der Waals surface area contributed by atoms with Crippen LogP contribution in [0.4, 0.5) is 13.2 Å². The maximum atomic E-state index is 12.3. The molecule has 0 aliphatic rings. The first-order chi connectivity index (χ1) is 9.24. The minimum atomic E-state index is -4.74. The van der Waals surface area contributed by atoms with Gasteiger partial charge in [0.25, 0.3) is 0 Å². The predicted octanol–water partition coefficient (Wildman–Crippen LogP) is 3.59. The summed E-state index contributed by atoms with van der Waals surface area (Å²) in [5.41, 5.74) is 0.323. The van der Waals surface area contributed by atoms with E-state index in [0.717, 1.165) is 0 Å². The van der Waals surface area contributed by atoms with Crippen molar-refractivity contribution in [2.75, 3.05) is 7.05 Å². The van der Waals surface area contributed by atoms with E-state index in [-0.39, 0.29) is 24.1 Å². The second-order valence-electron chi connectivity index (χ2n) is 4.66. The zero-order valence-electron chi connectivity index (χ0n) is 11.7. The van der Waals surface area contributed by atoms with Crippen molar-refractivity contribution in [2.24, 2.45) is 5.92 Å². The highest BCUT2D eigenvalue weighted by atomic mass is 19.4. The van der Waals surface area contributed by atoms with E-state index in [2.05, 4.69) is 4.74 Å². The molecule has 20 heavy (non-hydrogen) atoms.